The van der Waals surface area contributed by atoms with Crippen LogP contribution in [0.3, 0.4) is 0 Å². The summed E-state index contributed by atoms with van der Waals surface area (Å²) in [5.74, 6) is 2.07. The smallest absolute Gasteiger partial charge is 0.137 e. The van der Waals surface area contributed by atoms with Crippen LogP contribution in [0.4, 0.5) is 4.39 Å². The highest BCUT2D eigenvalue weighted by Gasteiger charge is 2.25. The predicted molar refractivity (Wildman–Crippen MR) is 98.1 cm³/mol. The van der Waals surface area contributed by atoms with E-state index in [1.807, 2.05) is 30.3 Å². The van der Waals surface area contributed by atoms with Gasteiger partial charge in [0.2, 0.25) is 0 Å². The largest absolute Gasteiger partial charge is 0.468 e. The third-order valence-corrected chi connectivity index (χ3v) is 4.89. The van der Waals surface area contributed by atoms with Crippen molar-refractivity contribution in [2.45, 2.75) is 25.4 Å². The zero-order chi connectivity index (χ0) is 17.8. The average molecular weight is 354 g/mol. The molecule has 5 heteroatoms. The van der Waals surface area contributed by atoms with Crippen molar-refractivity contribution in [3.8, 4) is 11.3 Å². The van der Waals surface area contributed by atoms with Crippen LogP contribution in [0.15, 0.2) is 63.6 Å². The molecule has 26 heavy (non-hydrogen) atoms. The Balaban J connectivity index is 1.38. The first-order valence-corrected chi connectivity index (χ1v) is 9.13. The molecule has 0 saturated carbocycles. The highest BCUT2D eigenvalue weighted by molar-refractivity contribution is 5.58. The molecular formula is C21H23FN2O2. The van der Waals surface area contributed by atoms with Crippen LogP contribution in [0.1, 0.15) is 30.4 Å². The van der Waals surface area contributed by atoms with Crippen molar-refractivity contribution in [2.24, 2.45) is 0 Å². The Morgan fingerprint density at radius 2 is 1.88 bits per heavy atom. The van der Waals surface area contributed by atoms with Crippen molar-refractivity contribution in [1.29, 1.82) is 0 Å². The van der Waals surface area contributed by atoms with Crippen molar-refractivity contribution in [2.75, 3.05) is 19.6 Å². The number of hydrogen-bond donors (Lipinski definition) is 1. The molecule has 136 valence electrons. The van der Waals surface area contributed by atoms with Gasteiger partial charge in [-0.2, -0.15) is 0 Å². The van der Waals surface area contributed by atoms with E-state index in [9.17, 15) is 4.39 Å². The quantitative estimate of drug-likeness (QED) is 0.673. The van der Waals surface area contributed by atoms with Crippen LogP contribution >= 0.6 is 0 Å². The fraction of sp³-hybridized carbons (Fsp3) is 0.333. The van der Waals surface area contributed by atoms with Gasteiger partial charge >= 0.3 is 0 Å². The number of likely N-dealkylation sites (tertiary alicyclic amines) is 1. The summed E-state index contributed by atoms with van der Waals surface area (Å²) in [5.41, 5.74) is 0.490. The highest BCUT2D eigenvalue weighted by Crippen LogP contribution is 2.26. The van der Waals surface area contributed by atoms with E-state index in [2.05, 4.69) is 10.2 Å². The number of nitrogens with one attached hydrogen (secondary N) is 1. The third-order valence-electron chi connectivity index (χ3n) is 4.89. The molecule has 0 amide bonds. The Labute approximate surface area is 152 Å². The summed E-state index contributed by atoms with van der Waals surface area (Å²) in [6, 6.07) is 14.6. The molecule has 0 spiro atoms. The highest BCUT2D eigenvalue weighted by atomic mass is 19.1. The predicted octanol–water partition coefficient (Wildman–Crippen LogP) is 4.61. The van der Waals surface area contributed by atoms with Crippen LogP contribution in [0.2, 0.25) is 0 Å². The molecular weight excluding hydrogens is 331 g/mol. The van der Waals surface area contributed by atoms with Crippen molar-refractivity contribution < 1.29 is 13.2 Å². The summed E-state index contributed by atoms with van der Waals surface area (Å²) in [4.78, 5) is 2.46. The Kier molecular flexibility index (Phi) is 5.18. The molecule has 3 heterocycles. The van der Waals surface area contributed by atoms with E-state index >= 15 is 0 Å². The first kappa shape index (κ1) is 17.1. The summed E-state index contributed by atoms with van der Waals surface area (Å²) in [6.45, 7) is 3.58. The maximum atomic E-state index is 13.9. The minimum absolute atomic E-state index is 0.230. The van der Waals surface area contributed by atoms with Crippen LogP contribution in [0.5, 0.6) is 0 Å². The van der Waals surface area contributed by atoms with Crippen LogP contribution in [-0.2, 0) is 6.54 Å². The van der Waals surface area contributed by atoms with Crippen molar-refractivity contribution in [3.63, 3.8) is 0 Å². The second-order valence-electron chi connectivity index (χ2n) is 6.65. The molecule has 1 aliphatic rings. The summed E-state index contributed by atoms with van der Waals surface area (Å²) in [5, 5.41) is 3.46. The Morgan fingerprint density at radius 1 is 1.04 bits per heavy atom. The van der Waals surface area contributed by atoms with Crippen molar-refractivity contribution in [1.82, 2.24) is 10.2 Å². The monoisotopic (exact) mass is 354 g/mol. The zero-order valence-electron chi connectivity index (χ0n) is 14.7. The number of rotatable bonds is 7. The standard InChI is InChI=1S/C21H23FN2O2/c22-18-7-2-1-6-17(18)20-10-9-16(26-20)14-23-15-19(21-8-5-13-25-21)24-11-3-4-12-24/h1-2,5-10,13,19,23H,3-4,11-12,14-15H2/t19-/m1/s1. The van der Waals surface area contributed by atoms with E-state index in [1.165, 1.54) is 18.9 Å². The summed E-state index contributed by atoms with van der Waals surface area (Å²) in [7, 11) is 0. The van der Waals surface area contributed by atoms with Crippen molar-refractivity contribution >= 4 is 0 Å². The normalized spacial score (nSPS) is 16.2. The molecule has 2 aromatic heterocycles. The molecule has 1 aromatic carbocycles. The molecule has 4 rings (SSSR count). The van der Waals surface area contributed by atoms with Gasteiger partial charge in [-0.05, 0) is 62.3 Å². The molecule has 1 N–H and O–H groups in total. The molecule has 4 nitrogen and oxygen atoms in total. The van der Waals surface area contributed by atoms with Crippen LogP contribution in [0, 0.1) is 5.82 Å². The number of nitrogens with zero attached hydrogens (tertiary/aromatic N) is 1. The van der Waals surface area contributed by atoms with E-state index in [0.29, 0.717) is 17.9 Å². The first-order valence-electron chi connectivity index (χ1n) is 9.13. The fourth-order valence-corrected chi connectivity index (χ4v) is 3.55. The molecule has 1 atom stereocenters. The molecule has 1 fully saturated rings. The van der Waals surface area contributed by atoms with E-state index in [4.69, 9.17) is 8.83 Å². The average Bonchev–Trinajstić information content (AvgIpc) is 3.41. The lowest BCUT2D eigenvalue weighted by molar-refractivity contribution is 0.208. The van der Waals surface area contributed by atoms with Gasteiger partial charge in [-0.3, -0.25) is 4.90 Å². The van der Waals surface area contributed by atoms with E-state index in [0.717, 1.165) is 31.2 Å². The third kappa shape index (κ3) is 3.74. The molecule has 1 saturated heterocycles. The molecule has 0 aliphatic carbocycles. The van der Waals surface area contributed by atoms with E-state index in [-0.39, 0.29) is 11.9 Å². The second kappa shape index (κ2) is 7.89. The SMILES string of the molecule is Fc1ccccc1-c1ccc(CNC[C@H](c2ccco2)N2CCCC2)o1. The van der Waals surface area contributed by atoms with E-state index < -0.39 is 0 Å². The van der Waals surface area contributed by atoms with Gasteiger partial charge in [0, 0.05) is 6.54 Å². The molecule has 0 unspecified atom stereocenters. The lowest BCUT2D eigenvalue weighted by Crippen LogP contribution is -2.33. The number of halogens is 1. The maximum absolute atomic E-state index is 13.9. The van der Waals surface area contributed by atoms with Gasteiger partial charge in [-0.15, -0.1) is 0 Å². The minimum atomic E-state index is -0.270. The number of benzene rings is 1. The topological polar surface area (TPSA) is 41.6 Å². The van der Waals surface area contributed by atoms with Crippen LogP contribution < -0.4 is 5.32 Å². The van der Waals surface area contributed by atoms with Gasteiger partial charge in [-0.1, -0.05) is 12.1 Å². The van der Waals surface area contributed by atoms with Gasteiger partial charge < -0.3 is 14.2 Å². The first-order chi connectivity index (χ1) is 12.8. The summed E-state index contributed by atoms with van der Waals surface area (Å²) >= 11 is 0. The van der Waals surface area contributed by atoms with Crippen LogP contribution in [0.25, 0.3) is 11.3 Å². The van der Waals surface area contributed by atoms with E-state index in [1.54, 1.807) is 18.4 Å². The van der Waals surface area contributed by atoms with Crippen molar-refractivity contribution in [3.05, 3.63) is 72.1 Å². The Morgan fingerprint density at radius 3 is 2.65 bits per heavy atom. The lowest BCUT2D eigenvalue weighted by atomic mass is 10.1. The van der Waals surface area contributed by atoms with Gasteiger partial charge in [0.15, 0.2) is 0 Å². The van der Waals surface area contributed by atoms with Crippen LogP contribution in [-0.4, -0.2) is 24.5 Å². The summed E-state index contributed by atoms with van der Waals surface area (Å²) in [6.07, 6.45) is 4.20. The minimum Gasteiger partial charge on any atom is -0.468 e. The molecule has 1 aliphatic heterocycles. The fourth-order valence-electron chi connectivity index (χ4n) is 3.55. The maximum Gasteiger partial charge on any atom is 0.137 e. The number of hydrogen-bond acceptors (Lipinski definition) is 4. The van der Waals surface area contributed by atoms with Gasteiger partial charge in [0.1, 0.15) is 23.1 Å². The molecule has 3 aromatic rings. The molecule has 0 bridgehead atoms. The molecule has 0 radical (unpaired) electrons. The van der Waals surface area contributed by atoms with Gasteiger partial charge in [-0.25, -0.2) is 4.39 Å². The Bertz CT molecular complexity index is 822. The number of furan rings is 2. The summed E-state index contributed by atoms with van der Waals surface area (Å²) < 4.78 is 25.3. The second-order valence-corrected chi connectivity index (χ2v) is 6.65. The lowest BCUT2D eigenvalue weighted by Gasteiger charge is -2.25. The Hall–Kier alpha value is -2.37. The van der Waals surface area contributed by atoms with Gasteiger partial charge in [0.05, 0.1) is 24.4 Å². The van der Waals surface area contributed by atoms with Gasteiger partial charge in [0.25, 0.3) is 0 Å². The zero-order valence-corrected chi connectivity index (χ0v) is 14.7.